The average molecular weight is 494 g/mol. The molecule has 0 spiro atoms. The molecule has 0 N–H and O–H groups in total. The van der Waals surface area contributed by atoms with E-state index in [0.717, 1.165) is 24.9 Å². The van der Waals surface area contributed by atoms with Crippen molar-refractivity contribution in [2.24, 2.45) is 10.4 Å². The van der Waals surface area contributed by atoms with Crippen LogP contribution < -0.4 is 4.80 Å². The Morgan fingerprint density at radius 3 is 2.70 bits per heavy atom. The Morgan fingerprint density at radius 2 is 2.07 bits per heavy atom. The highest BCUT2D eigenvalue weighted by molar-refractivity contribution is 7.61. The van der Waals surface area contributed by atoms with Gasteiger partial charge in [0.05, 0.1) is 18.2 Å². The SMILES string of the molecule is CCOP(=O)(OCC)C(Cl)=Cc1cc(N=c2snc3n2CC(C)(C)C3)c(F)cc1Cl. The van der Waals surface area contributed by atoms with Crippen LogP contribution in [0.5, 0.6) is 0 Å². The summed E-state index contributed by atoms with van der Waals surface area (Å²) in [5, 5.41) is 0.104. The molecule has 30 heavy (non-hydrogen) atoms. The van der Waals surface area contributed by atoms with E-state index in [-0.39, 0.29) is 34.1 Å². The van der Waals surface area contributed by atoms with Gasteiger partial charge in [-0.1, -0.05) is 37.0 Å². The Balaban J connectivity index is 2.03. The van der Waals surface area contributed by atoms with Gasteiger partial charge < -0.3 is 13.6 Å². The van der Waals surface area contributed by atoms with Crippen LogP contribution in [0.15, 0.2) is 21.9 Å². The van der Waals surface area contributed by atoms with Crippen LogP contribution in [0, 0.1) is 11.2 Å². The van der Waals surface area contributed by atoms with Gasteiger partial charge in [0, 0.05) is 24.5 Å². The first-order chi connectivity index (χ1) is 14.1. The fourth-order valence-corrected chi connectivity index (χ4v) is 5.81. The molecule has 11 heteroatoms. The van der Waals surface area contributed by atoms with E-state index in [1.165, 1.54) is 23.7 Å². The second kappa shape index (κ2) is 9.23. The number of rotatable bonds is 7. The third kappa shape index (κ3) is 5.06. The van der Waals surface area contributed by atoms with Gasteiger partial charge in [-0.3, -0.25) is 4.57 Å². The number of halogens is 3. The lowest BCUT2D eigenvalue weighted by molar-refractivity contribution is 0.228. The van der Waals surface area contributed by atoms with Crippen LogP contribution in [0.1, 0.15) is 39.1 Å². The van der Waals surface area contributed by atoms with Crippen molar-refractivity contribution in [1.82, 2.24) is 8.94 Å². The van der Waals surface area contributed by atoms with Crippen molar-refractivity contribution in [3.05, 3.63) is 43.9 Å². The molecule has 0 saturated heterocycles. The number of benzene rings is 1. The summed E-state index contributed by atoms with van der Waals surface area (Å²) in [5.74, 6) is 0.363. The van der Waals surface area contributed by atoms with Crippen LogP contribution >= 0.6 is 42.3 Å². The van der Waals surface area contributed by atoms with Crippen LogP contribution in [0.2, 0.25) is 5.02 Å². The van der Waals surface area contributed by atoms with Crippen molar-refractivity contribution in [2.75, 3.05) is 13.2 Å². The lowest BCUT2D eigenvalue weighted by Gasteiger charge is -2.16. The Kier molecular flexibility index (Phi) is 7.27. The number of hydrogen-bond acceptors (Lipinski definition) is 6. The van der Waals surface area contributed by atoms with Gasteiger partial charge in [-0.05, 0) is 43.0 Å². The van der Waals surface area contributed by atoms with Crippen LogP contribution in [0.3, 0.4) is 0 Å². The zero-order valence-corrected chi connectivity index (χ0v) is 20.3. The summed E-state index contributed by atoms with van der Waals surface area (Å²) in [6, 6.07) is 2.60. The van der Waals surface area contributed by atoms with Crippen LogP contribution in [-0.4, -0.2) is 22.2 Å². The van der Waals surface area contributed by atoms with Crippen LogP contribution in [0.25, 0.3) is 6.08 Å². The van der Waals surface area contributed by atoms with E-state index in [2.05, 4.69) is 23.2 Å². The molecular formula is C19H23Cl2FN3O3PS. The molecule has 0 radical (unpaired) electrons. The molecule has 1 aromatic heterocycles. The first kappa shape index (κ1) is 23.6. The maximum atomic E-state index is 14.6. The standard InChI is InChI=1S/C19H23Cl2FN3O3PS/c1-5-27-29(26,28-6-2)16(21)8-12-7-15(14(22)9-13(12)20)23-18-25-11-19(3,4)10-17(25)24-30-18/h7-9H,5-6,10-11H2,1-4H3. The predicted octanol–water partition coefficient (Wildman–Crippen LogP) is 6.36. The summed E-state index contributed by atoms with van der Waals surface area (Å²) in [7, 11) is -3.67. The van der Waals surface area contributed by atoms with Crippen molar-refractivity contribution in [1.29, 1.82) is 0 Å². The van der Waals surface area contributed by atoms with Crippen molar-refractivity contribution in [3.8, 4) is 0 Å². The van der Waals surface area contributed by atoms with Gasteiger partial charge in [-0.25, -0.2) is 9.38 Å². The van der Waals surface area contributed by atoms with Gasteiger partial charge >= 0.3 is 7.60 Å². The summed E-state index contributed by atoms with van der Waals surface area (Å²) in [4.78, 5) is 5.07. The minimum Gasteiger partial charge on any atom is -0.305 e. The summed E-state index contributed by atoms with van der Waals surface area (Å²) >= 11 is 13.7. The molecule has 1 aliphatic rings. The lowest BCUT2D eigenvalue weighted by Crippen LogP contribution is -2.19. The molecule has 2 aromatic rings. The minimum absolute atomic E-state index is 0.0836. The zero-order valence-electron chi connectivity index (χ0n) is 17.1. The van der Waals surface area contributed by atoms with E-state index in [1.807, 2.05) is 4.57 Å². The summed E-state index contributed by atoms with van der Waals surface area (Å²) < 4.78 is 44.2. The number of fused-ring (bicyclic) bond motifs is 1. The van der Waals surface area contributed by atoms with Gasteiger partial charge in [0.2, 0.25) is 4.80 Å². The van der Waals surface area contributed by atoms with Crippen molar-refractivity contribution >= 4 is 54.1 Å². The minimum atomic E-state index is -3.67. The molecule has 0 amide bonds. The average Bonchev–Trinajstić information content (AvgIpc) is 3.15. The first-order valence-corrected chi connectivity index (χ1v) is 12.5. The Bertz CT molecular complexity index is 1090. The molecule has 0 unspecified atom stereocenters. The quantitative estimate of drug-likeness (QED) is 0.421. The third-order valence-corrected chi connectivity index (χ3v) is 8.10. The Hall–Kier alpha value is -1.02. The van der Waals surface area contributed by atoms with E-state index < -0.39 is 13.4 Å². The highest BCUT2D eigenvalue weighted by Crippen LogP contribution is 2.58. The molecule has 0 aliphatic carbocycles. The first-order valence-electron chi connectivity index (χ1n) is 9.44. The maximum Gasteiger partial charge on any atom is 0.372 e. The summed E-state index contributed by atoms with van der Waals surface area (Å²) in [5.41, 5.74) is 0.523. The summed E-state index contributed by atoms with van der Waals surface area (Å²) in [6.07, 6.45) is 2.21. The van der Waals surface area contributed by atoms with Gasteiger partial charge in [0.15, 0.2) is 0 Å². The molecule has 1 aromatic carbocycles. The monoisotopic (exact) mass is 493 g/mol. The Labute approximate surface area is 189 Å². The molecule has 2 heterocycles. The largest absolute Gasteiger partial charge is 0.372 e. The van der Waals surface area contributed by atoms with Crippen LogP contribution in [-0.2, 0) is 26.6 Å². The van der Waals surface area contributed by atoms with E-state index in [9.17, 15) is 8.96 Å². The molecule has 0 saturated carbocycles. The molecular weight excluding hydrogens is 471 g/mol. The van der Waals surface area contributed by atoms with E-state index in [4.69, 9.17) is 32.2 Å². The van der Waals surface area contributed by atoms with Crippen molar-refractivity contribution < 1.29 is 18.0 Å². The number of nitrogens with zero attached hydrogens (tertiary/aromatic N) is 3. The van der Waals surface area contributed by atoms with Crippen molar-refractivity contribution in [2.45, 2.75) is 40.7 Å². The fraction of sp³-hybridized carbons (Fsp3) is 0.474. The van der Waals surface area contributed by atoms with Gasteiger partial charge in [0.25, 0.3) is 0 Å². The van der Waals surface area contributed by atoms with E-state index in [0.29, 0.717) is 10.4 Å². The van der Waals surface area contributed by atoms with Gasteiger partial charge in [0.1, 0.15) is 22.1 Å². The smallest absolute Gasteiger partial charge is 0.305 e. The predicted molar refractivity (Wildman–Crippen MR) is 119 cm³/mol. The molecule has 0 bridgehead atoms. The fourth-order valence-electron chi connectivity index (χ4n) is 3.14. The molecule has 0 fully saturated rings. The van der Waals surface area contributed by atoms with E-state index in [1.54, 1.807) is 13.8 Å². The van der Waals surface area contributed by atoms with Crippen LogP contribution in [0.4, 0.5) is 10.1 Å². The maximum absolute atomic E-state index is 14.6. The van der Waals surface area contributed by atoms with E-state index >= 15 is 0 Å². The highest BCUT2D eigenvalue weighted by atomic mass is 35.5. The Morgan fingerprint density at radius 1 is 1.40 bits per heavy atom. The second-order valence-corrected chi connectivity index (χ2v) is 11.3. The van der Waals surface area contributed by atoms with Crippen molar-refractivity contribution in [3.63, 3.8) is 0 Å². The molecule has 1 aliphatic heterocycles. The molecule has 3 rings (SSSR count). The normalized spacial score (nSPS) is 16.9. The highest BCUT2D eigenvalue weighted by Gasteiger charge is 2.31. The number of hydrogen-bond donors (Lipinski definition) is 0. The number of aromatic nitrogens is 2. The molecule has 6 nitrogen and oxygen atoms in total. The van der Waals surface area contributed by atoms with Gasteiger partial charge in [-0.2, -0.15) is 4.37 Å². The third-order valence-electron chi connectivity index (χ3n) is 4.41. The zero-order chi connectivity index (χ0) is 22.1. The second-order valence-electron chi connectivity index (χ2n) is 7.55. The summed E-state index contributed by atoms with van der Waals surface area (Å²) in [6.45, 7) is 8.75. The topological polar surface area (TPSA) is 65.7 Å². The lowest BCUT2D eigenvalue weighted by atomic mass is 9.92. The van der Waals surface area contributed by atoms with Gasteiger partial charge in [-0.15, -0.1) is 0 Å². The molecule has 164 valence electrons. The molecule has 0 atom stereocenters.